The number of hydrogen-bond donors (Lipinski definition) is 0. The van der Waals surface area contributed by atoms with Gasteiger partial charge in [0.1, 0.15) is 6.07 Å². The summed E-state index contributed by atoms with van der Waals surface area (Å²) in [5, 5.41) is 10.2. The van der Waals surface area contributed by atoms with E-state index in [0.717, 1.165) is 15.4 Å². The Labute approximate surface area is 101 Å². The molecule has 0 aliphatic rings. The molecule has 0 saturated heterocycles. The second-order valence-electron chi connectivity index (χ2n) is 3.16. The fourth-order valence-electron chi connectivity index (χ4n) is 1.44. The zero-order valence-corrected chi connectivity index (χ0v) is 10.2. The lowest BCUT2D eigenvalue weighted by molar-refractivity contribution is 1.23. The van der Waals surface area contributed by atoms with E-state index in [0.29, 0.717) is 16.3 Å². The molecule has 15 heavy (non-hydrogen) atoms. The van der Waals surface area contributed by atoms with Crippen LogP contribution in [0, 0.1) is 18.3 Å². The van der Waals surface area contributed by atoms with Crippen LogP contribution in [0.2, 0.25) is 5.02 Å². The van der Waals surface area contributed by atoms with Crippen molar-refractivity contribution in [3.63, 3.8) is 0 Å². The molecule has 4 heteroatoms. The van der Waals surface area contributed by atoms with Gasteiger partial charge in [0, 0.05) is 9.86 Å². The number of aryl methyl sites for hydroxylation is 1. The molecule has 1 aromatic heterocycles. The number of benzene rings is 1. The molecule has 74 valence electrons. The van der Waals surface area contributed by atoms with Crippen LogP contribution in [0.3, 0.4) is 0 Å². The normalized spacial score (nSPS) is 10.3. The molecular formula is C11H6BrClN2. The monoisotopic (exact) mass is 280 g/mol. The third-order valence-corrected chi connectivity index (χ3v) is 3.06. The van der Waals surface area contributed by atoms with E-state index in [4.69, 9.17) is 16.9 Å². The van der Waals surface area contributed by atoms with Crippen LogP contribution in [-0.2, 0) is 0 Å². The van der Waals surface area contributed by atoms with E-state index in [9.17, 15) is 0 Å². The summed E-state index contributed by atoms with van der Waals surface area (Å²) in [7, 11) is 0. The number of rotatable bonds is 0. The molecule has 0 aliphatic carbocycles. The van der Waals surface area contributed by atoms with Gasteiger partial charge in [0.2, 0.25) is 0 Å². The van der Waals surface area contributed by atoms with E-state index in [1.54, 1.807) is 6.92 Å². The Morgan fingerprint density at radius 1 is 1.47 bits per heavy atom. The number of fused-ring (bicyclic) bond motifs is 1. The minimum atomic E-state index is 0.447. The molecule has 0 bridgehead atoms. The van der Waals surface area contributed by atoms with Gasteiger partial charge in [-0.15, -0.1) is 0 Å². The molecule has 1 aromatic carbocycles. The van der Waals surface area contributed by atoms with Gasteiger partial charge in [-0.3, -0.25) is 4.98 Å². The summed E-state index contributed by atoms with van der Waals surface area (Å²) in [5.74, 6) is 0. The second-order valence-corrected chi connectivity index (χ2v) is 4.45. The summed E-state index contributed by atoms with van der Waals surface area (Å²) < 4.78 is 0.923. The number of pyridine rings is 1. The molecule has 0 spiro atoms. The van der Waals surface area contributed by atoms with Crippen molar-refractivity contribution in [2.45, 2.75) is 6.92 Å². The van der Waals surface area contributed by atoms with Crippen molar-refractivity contribution in [3.8, 4) is 6.07 Å². The predicted octanol–water partition coefficient (Wildman–Crippen LogP) is 3.83. The third-order valence-electron chi connectivity index (χ3n) is 2.18. The molecule has 1 heterocycles. The molecule has 0 radical (unpaired) electrons. The van der Waals surface area contributed by atoms with Crippen LogP contribution >= 0.6 is 27.5 Å². The zero-order chi connectivity index (χ0) is 11.0. The lowest BCUT2D eigenvalue weighted by atomic mass is 10.1. The van der Waals surface area contributed by atoms with Crippen molar-refractivity contribution in [1.29, 1.82) is 5.26 Å². The first kappa shape index (κ1) is 10.4. The van der Waals surface area contributed by atoms with E-state index in [1.807, 2.05) is 18.2 Å². The molecule has 2 rings (SSSR count). The molecule has 0 N–H and O–H groups in total. The van der Waals surface area contributed by atoms with Crippen LogP contribution in [-0.4, -0.2) is 4.98 Å². The van der Waals surface area contributed by atoms with Crippen molar-refractivity contribution < 1.29 is 0 Å². The van der Waals surface area contributed by atoms with Gasteiger partial charge < -0.3 is 0 Å². The number of nitrogens with zero attached hydrogens (tertiary/aromatic N) is 2. The average molecular weight is 282 g/mol. The highest BCUT2D eigenvalue weighted by Gasteiger charge is 2.10. The van der Waals surface area contributed by atoms with E-state index in [-0.39, 0.29) is 0 Å². The first-order valence-corrected chi connectivity index (χ1v) is 5.46. The van der Waals surface area contributed by atoms with Crippen LogP contribution in [0.15, 0.2) is 22.7 Å². The lowest BCUT2D eigenvalue weighted by Crippen LogP contribution is -1.91. The SMILES string of the molecule is Cc1nc2ccc(Br)cc2c(Cl)c1C#N. The Kier molecular flexibility index (Phi) is 2.64. The molecule has 0 amide bonds. The number of halogens is 2. The van der Waals surface area contributed by atoms with E-state index < -0.39 is 0 Å². The van der Waals surface area contributed by atoms with E-state index in [1.165, 1.54) is 0 Å². The van der Waals surface area contributed by atoms with Gasteiger partial charge in [-0.05, 0) is 25.1 Å². The van der Waals surface area contributed by atoms with Gasteiger partial charge >= 0.3 is 0 Å². The predicted molar refractivity (Wildman–Crippen MR) is 63.9 cm³/mol. The molecule has 0 unspecified atom stereocenters. The summed E-state index contributed by atoms with van der Waals surface area (Å²) in [6.07, 6.45) is 0. The molecule has 0 atom stereocenters. The van der Waals surface area contributed by atoms with Crippen molar-refractivity contribution in [3.05, 3.63) is 39.0 Å². The number of nitriles is 1. The fraction of sp³-hybridized carbons (Fsp3) is 0.0909. The third kappa shape index (κ3) is 1.71. The lowest BCUT2D eigenvalue weighted by Gasteiger charge is -2.05. The summed E-state index contributed by atoms with van der Waals surface area (Å²) in [6.45, 7) is 1.78. The minimum Gasteiger partial charge on any atom is -0.252 e. The maximum atomic E-state index is 8.94. The highest BCUT2D eigenvalue weighted by atomic mass is 79.9. The molecule has 0 saturated carbocycles. The quantitative estimate of drug-likeness (QED) is 0.736. The Hall–Kier alpha value is -1.11. The Bertz CT molecular complexity index is 587. The highest BCUT2D eigenvalue weighted by Crippen LogP contribution is 2.29. The minimum absolute atomic E-state index is 0.447. The van der Waals surface area contributed by atoms with Crippen molar-refractivity contribution in [1.82, 2.24) is 4.98 Å². The summed E-state index contributed by atoms with van der Waals surface area (Å²) in [6, 6.07) is 7.71. The zero-order valence-electron chi connectivity index (χ0n) is 7.88. The largest absolute Gasteiger partial charge is 0.252 e. The molecule has 0 aliphatic heterocycles. The smallest absolute Gasteiger partial charge is 0.103 e. The second kappa shape index (κ2) is 3.80. The Morgan fingerprint density at radius 2 is 2.20 bits per heavy atom. The Balaban J connectivity index is 2.94. The van der Waals surface area contributed by atoms with Gasteiger partial charge in [0.25, 0.3) is 0 Å². The molecular weight excluding hydrogens is 275 g/mol. The van der Waals surface area contributed by atoms with Crippen LogP contribution in [0.25, 0.3) is 10.9 Å². The van der Waals surface area contributed by atoms with E-state index >= 15 is 0 Å². The van der Waals surface area contributed by atoms with Crippen molar-refractivity contribution >= 4 is 38.4 Å². The van der Waals surface area contributed by atoms with Crippen LogP contribution in [0.5, 0.6) is 0 Å². The van der Waals surface area contributed by atoms with Crippen molar-refractivity contribution in [2.24, 2.45) is 0 Å². The van der Waals surface area contributed by atoms with E-state index in [2.05, 4.69) is 27.0 Å². The topological polar surface area (TPSA) is 36.7 Å². The van der Waals surface area contributed by atoms with Gasteiger partial charge in [-0.1, -0.05) is 27.5 Å². The first-order valence-electron chi connectivity index (χ1n) is 4.29. The summed E-state index contributed by atoms with van der Waals surface area (Å²) in [4.78, 5) is 4.32. The molecule has 0 fully saturated rings. The average Bonchev–Trinajstić information content (AvgIpc) is 2.20. The fourth-order valence-corrected chi connectivity index (χ4v) is 2.13. The standard InChI is InChI=1S/C11H6BrClN2/c1-6-9(5-14)11(13)8-4-7(12)2-3-10(8)15-6/h2-4H,1H3. The van der Waals surface area contributed by atoms with Gasteiger partial charge in [-0.2, -0.15) is 5.26 Å². The van der Waals surface area contributed by atoms with Gasteiger partial charge in [0.15, 0.2) is 0 Å². The maximum Gasteiger partial charge on any atom is 0.103 e. The summed E-state index contributed by atoms with van der Waals surface area (Å²) in [5.41, 5.74) is 1.92. The van der Waals surface area contributed by atoms with Gasteiger partial charge in [0.05, 0.1) is 21.8 Å². The Morgan fingerprint density at radius 3 is 2.87 bits per heavy atom. The number of aromatic nitrogens is 1. The molecule has 2 nitrogen and oxygen atoms in total. The number of hydrogen-bond acceptors (Lipinski definition) is 2. The summed E-state index contributed by atoms with van der Waals surface area (Å²) >= 11 is 9.50. The van der Waals surface area contributed by atoms with Crippen LogP contribution < -0.4 is 0 Å². The molecule has 2 aromatic rings. The van der Waals surface area contributed by atoms with Crippen LogP contribution in [0.1, 0.15) is 11.3 Å². The maximum absolute atomic E-state index is 8.94. The first-order chi connectivity index (χ1) is 7.13. The van der Waals surface area contributed by atoms with Crippen molar-refractivity contribution in [2.75, 3.05) is 0 Å². The van der Waals surface area contributed by atoms with Crippen LogP contribution in [0.4, 0.5) is 0 Å². The highest BCUT2D eigenvalue weighted by molar-refractivity contribution is 9.10. The van der Waals surface area contributed by atoms with Gasteiger partial charge in [-0.25, -0.2) is 0 Å².